The molecule has 0 saturated heterocycles. The number of rotatable bonds is 5. The van der Waals surface area contributed by atoms with E-state index in [1.165, 1.54) is 18.2 Å². The van der Waals surface area contributed by atoms with E-state index >= 15 is 0 Å². The summed E-state index contributed by atoms with van der Waals surface area (Å²) in [6.45, 7) is 0.235. The molecule has 0 saturated carbocycles. The van der Waals surface area contributed by atoms with Crippen LogP contribution in [0.3, 0.4) is 0 Å². The Balaban J connectivity index is 3.13. The highest BCUT2D eigenvalue weighted by atomic mass is 32.2. The molecule has 0 fully saturated rings. The summed E-state index contributed by atoms with van der Waals surface area (Å²) in [7, 11) is -4.64. The topological polar surface area (TPSA) is 69.4 Å². The van der Waals surface area contributed by atoms with Crippen LogP contribution in [-0.4, -0.2) is 27.3 Å². The molecule has 0 radical (unpaired) electrons. The van der Waals surface area contributed by atoms with Gasteiger partial charge in [0.1, 0.15) is 17.3 Å². The number of sulfone groups is 1. The van der Waals surface area contributed by atoms with Gasteiger partial charge in [-0.05, 0) is 12.1 Å². The molecule has 0 unspecified atom stereocenters. The van der Waals surface area contributed by atoms with Crippen LogP contribution in [0, 0.1) is 0 Å². The Labute approximate surface area is 91.9 Å². The lowest BCUT2D eigenvalue weighted by molar-refractivity contribution is 0.233. The Hall–Kier alpha value is -1.21. The zero-order chi connectivity index (χ0) is 12.2. The van der Waals surface area contributed by atoms with E-state index in [0.29, 0.717) is 0 Å². The predicted molar refractivity (Wildman–Crippen MR) is 54.2 cm³/mol. The lowest BCUT2D eigenvalue weighted by Gasteiger charge is -2.10. The molecular weight excluding hydrogens is 240 g/mol. The fourth-order valence-corrected chi connectivity index (χ4v) is 1.94. The van der Waals surface area contributed by atoms with Crippen molar-refractivity contribution in [3.8, 4) is 5.75 Å². The van der Waals surface area contributed by atoms with Crippen molar-refractivity contribution in [3.05, 3.63) is 24.3 Å². The summed E-state index contributed by atoms with van der Waals surface area (Å²) in [6, 6.07) is 5.24. The SMILES string of the molecule is NCCOc1ccccc1S(=O)(=O)C(F)F. The van der Waals surface area contributed by atoms with Crippen LogP contribution in [-0.2, 0) is 9.84 Å². The number of alkyl halides is 2. The summed E-state index contributed by atoms with van der Waals surface area (Å²) in [5.41, 5.74) is 5.17. The maximum absolute atomic E-state index is 12.3. The summed E-state index contributed by atoms with van der Waals surface area (Å²) >= 11 is 0. The molecule has 90 valence electrons. The number of benzene rings is 1. The summed E-state index contributed by atoms with van der Waals surface area (Å²) in [4.78, 5) is -0.515. The van der Waals surface area contributed by atoms with E-state index in [4.69, 9.17) is 10.5 Å². The Bertz CT molecular complexity index is 448. The maximum atomic E-state index is 12.3. The lowest BCUT2D eigenvalue weighted by atomic mass is 10.3. The van der Waals surface area contributed by atoms with Gasteiger partial charge in [-0.3, -0.25) is 0 Å². The molecular formula is C9H11F2NO3S. The van der Waals surface area contributed by atoms with Crippen molar-refractivity contribution in [3.63, 3.8) is 0 Å². The molecule has 2 N–H and O–H groups in total. The molecule has 0 bridgehead atoms. The predicted octanol–water partition coefficient (Wildman–Crippen LogP) is 1.02. The fraction of sp³-hybridized carbons (Fsp3) is 0.333. The van der Waals surface area contributed by atoms with E-state index in [-0.39, 0.29) is 18.9 Å². The van der Waals surface area contributed by atoms with Crippen molar-refractivity contribution in [1.82, 2.24) is 0 Å². The van der Waals surface area contributed by atoms with Crippen molar-refractivity contribution in [2.75, 3.05) is 13.2 Å². The quantitative estimate of drug-likeness (QED) is 0.848. The van der Waals surface area contributed by atoms with Crippen molar-refractivity contribution in [1.29, 1.82) is 0 Å². The minimum Gasteiger partial charge on any atom is -0.491 e. The molecule has 0 aliphatic rings. The van der Waals surface area contributed by atoms with E-state index in [1.807, 2.05) is 0 Å². The fourth-order valence-electron chi connectivity index (χ4n) is 1.07. The zero-order valence-electron chi connectivity index (χ0n) is 8.27. The van der Waals surface area contributed by atoms with Gasteiger partial charge in [-0.25, -0.2) is 8.42 Å². The Morgan fingerprint density at radius 3 is 2.50 bits per heavy atom. The first-order valence-electron chi connectivity index (χ1n) is 4.44. The van der Waals surface area contributed by atoms with Crippen LogP contribution in [0.1, 0.15) is 0 Å². The minimum atomic E-state index is -4.64. The number of hydrogen-bond acceptors (Lipinski definition) is 4. The van der Waals surface area contributed by atoms with Crippen LogP contribution < -0.4 is 10.5 Å². The second-order valence-corrected chi connectivity index (χ2v) is 4.78. The van der Waals surface area contributed by atoms with Crippen LogP contribution in [0.5, 0.6) is 5.75 Å². The highest BCUT2D eigenvalue weighted by Gasteiger charge is 2.29. The zero-order valence-corrected chi connectivity index (χ0v) is 9.08. The third-order valence-electron chi connectivity index (χ3n) is 1.77. The molecule has 0 amide bonds. The van der Waals surface area contributed by atoms with E-state index in [9.17, 15) is 17.2 Å². The first-order chi connectivity index (χ1) is 7.50. The second-order valence-electron chi connectivity index (χ2n) is 2.89. The Morgan fingerprint density at radius 1 is 1.31 bits per heavy atom. The van der Waals surface area contributed by atoms with Crippen LogP contribution >= 0.6 is 0 Å². The summed E-state index contributed by atoms with van der Waals surface area (Å²) in [6.07, 6.45) is 0. The highest BCUT2D eigenvalue weighted by molar-refractivity contribution is 7.91. The van der Waals surface area contributed by atoms with E-state index < -0.39 is 20.5 Å². The van der Waals surface area contributed by atoms with Crippen LogP contribution in [0.15, 0.2) is 29.2 Å². The lowest BCUT2D eigenvalue weighted by Crippen LogP contribution is -2.15. The smallest absolute Gasteiger partial charge is 0.341 e. The van der Waals surface area contributed by atoms with E-state index in [0.717, 1.165) is 6.07 Å². The Morgan fingerprint density at radius 2 is 1.94 bits per heavy atom. The maximum Gasteiger partial charge on any atom is 0.341 e. The van der Waals surface area contributed by atoms with Crippen LogP contribution in [0.25, 0.3) is 0 Å². The monoisotopic (exact) mass is 251 g/mol. The first kappa shape index (κ1) is 12.9. The molecule has 1 rings (SSSR count). The third-order valence-corrected chi connectivity index (χ3v) is 3.19. The third kappa shape index (κ3) is 2.67. The number of nitrogens with two attached hydrogens (primary N) is 1. The number of halogens is 2. The molecule has 0 aliphatic heterocycles. The average Bonchev–Trinajstić information content (AvgIpc) is 2.26. The van der Waals surface area contributed by atoms with Crippen molar-refractivity contribution < 1.29 is 21.9 Å². The molecule has 1 aromatic carbocycles. The van der Waals surface area contributed by atoms with Gasteiger partial charge in [0, 0.05) is 6.54 Å². The Kier molecular flexibility index (Phi) is 4.19. The highest BCUT2D eigenvalue weighted by Crippen LogP contribution is 2.27. The molecule has 4 nitrogen and oxygen atoms in total. The van der Waals surface area contributed by atoms with Gasteiger partial charge in [-0.2, -0.15) is 8.78 Å². The van der Waals surface area contributed by atoms with Gasteiger partial charge in [-0.15, -0.1) is 0 Å². The van der Waals surface area contributed by atoms with Crippen LogP contribution in [0.4, 0.5) is 8.78 Å². The summed E-state index contributed by atoms with van der Waals surface area (Å²) < 4.78 is 52.2. The van der Waals surface area contributed by atoms with Gasteiger partial charge in [0.25, 0.3) is 0 Å². The van der Waals surface area contributed by atoms with E-state index in [1.54, 1.807) is 0 Å². The molecule has 1 aromatic rings. The van der Waals surface area contributed by atoms with Gasteiger partial charge in [0.2, 0.25) is 9.84 Å². The molecule has 0 atom stereocenters. The summed E-state index contributed by atoms with van der Waals surface area (Å²) in [5.74, 6) is -3.57. The van der Waals surface area contributed by atoms with Gasteiger partial charge in [-0.1, -0.05) is 12.1 Å². The van der Waals surface area contributed by atoms with E-state index in [2.05, 4.69) is 0 Å². The summed E-state index contributed by atoms with van der Waals surface area (Å²) in [5, 5.41) is 0. The molecule has 16 heavy (non-hydrogen) atoms. The second kappa shape index (κ2) is 5.22. The molecule has 0 aromatic heterocycles. The largest absolute Gasteiger partial charge is 0.491 e. The first-order valence-corrected chi connectivity index (χ1v) is 5.98. The van der Waals surface area contributed by atoms with Gasteiger partial charge < -0.3 is 10.5 Å². The van der Waals surface area contributed by atoms with Crippen molar-refractivity contribution >= 4 is 9.84 Å². The average molecular weight is 251 g/mol. The normalized spacial score (nSPS) is 11.8. The van der Waals surface area contributed by atoms with Crippen molar-refractivity contribution in [2.45, 2.75) is 10.7 Å². The number of ether oxygens (including phenoxy) is 1. The molecule has 0 aliphatic carbocycles. The molecule has 0 heterocycles. The van der Waals surface area contributed by atoms with Gasteiger partial charge in [0.15, 0.2) is 0 Å². The number of hydrogen-bond donors (Lipinski definition) is 1. The van der Waals surface area contributed by atoms with Crippen molar-refractivity contribution in [2.24, 2.45) is 5.73 Å². The van der Waals surface area contributed by atoms with Gasteiger partial charge >= 0.3 is 5.76 Å². The number of para-hydroxylation sites is 1. The molecule has 0 spiro atoms. The molecule has 7 heteroatoms. The van der Waals surface area contributed by atoms with Crippen LogP contribution in [0.2, 0.25) is 0 Å². The minimum absolute atomic E-state index is 0.0652. The van der Waals surface area contributed by atoms with Gasteiger partial charge in [0.05, 0.1) is 0 Å². The standard InChI is InChI=1S/C9H11F2NO3S/c10-9(11)16(13,14)8-4-2-1-3-7(8)15-6-5-12/h1-4,9H,5-6,12H2.